The summed E-state index contributed by atoms with van der Waals surface area (Å²) in [5, 5.41) is 3.64. The van der Waals surface area contributed by atoms with Crippen molar-refractivity contribution in [2.45, 2.75) is 71.6 Å². The molecular formula is C15H31NO2. The smallest absolute Gasteiger partial charge is 0.0785 e. The highest BCUT2D eigenvalue weighted by atomic mass is 16.5. The molecule has 0 amide bonds. The predicted octanol–water partition coefficient (Wildman–Crippen LogP) is 2.98. The molecule has 1 N–H and O–H groups in total. The molecule has 0 aromatic carbocycles. The van der Waals surface area contributed by atoms with Crippen LogP contribution in [0.3, 0.4) is 0 Å². The first kappa shape index (κ1) is 15.9. The van der Waals surface area contributed by atoms with Crippen molar-refractivity contribution in [2.24, 2.45) is 5.92 Å². The zero-order valence-electron chi connectivity index (χ0n) is 12.6. The van der Waals surface area contributed by atoms with Crippen molar-refractivity contribution in [1.82, 2.24) is 5.32 Å². The van der Waals surface area contributed by atoms with E-state index in [0.717, 1.165) is 19.1 Å². The van der Waals surface area contributed by atoms with Gasteiger partial charge < -0.3 is 14.8 Å². The van der Waals surface area contributed by atoms with Gasteiger partial charge in [0.05, 0.1) is 18.8 Å². The lowest BCUT2D eigenvalue weighted by Gasteiger charge is -2.37. The van der Waals surface area contributed by atoms with E-state index in [4.69, 9.17) is 9.47 Å². The Kier molecular flexibility index (Phi) is 7.87. The normalized spacial score (nSPS) is 30.3. The summed E-state index contributed by atoms with van der Waals surface area (Å²) in [6.45, 7) is 11.3. The fraction of sp³-hybridized carbons (Fsp3) is 1.00. The molecule has 0 heterocycles. The van der Waals surface area contributed by atoms with Crippen LogP contribution in [0.5, 0.6) is 0 Å². The van der Waals surface area contributed by atoms with Gasteiger partial charge in [-0.2, -0.15) is 0 Å². The quantitative estimate of drug-likeness (QED) is 0.725. The van der Waals surface area contributed by atoms with Crippen molar-refractivity contribution in [3.63, 3.8) is 0 Å². The van der Waals surface area contributed by atoms with E-state index in [1.165, 1.54) is 25.7 Å². The Morgan fingerprint density at radius 1 is 1.28 bits per heavy atom. The zero-order valence-corrected chi connectivity index (χ0v) is 12.6. The molecule has 0 aliphatic heterocycles. The summed E-state index contributed by atoms with van der Waals surface area (Å²) >= 11 is 0. The first-order valence-corrected chi connectivity index (χ1v) is 7.63. The van der Waals surface area contributed by atoms with Gasteiger partial charge in [-0.25, -0.2) is 0 Å². The third kappa shape index (κ3) is 5.68. The van der Waals surface area contributed by atoms with Gasteiger partial charge in [-0.3, -0.25) is 0 Å². The number of hydrogen-bond donors (Lipinski definition) is 1. The summed E-state index contributed by atoms with van der Waals surface area (Å²) < 4.78 is 11.6. The predicted molar refractivity (Wildman–Crippen MR) is 75.9 cm³/mol. The number of nitrogens with one attached hydrogen (secondary N) is 1. The standard InChI is InChI=1S/C15H31NO2/c1-5-9-16-14-8-7-12(3)10-15(14)18-13(4)11-17-6-2/h12-16H,5-11H2,1-4H3. The Morgan fingerprint density at radius 3 is 2.72 bits per heavy atom. The van der Waals surface area contributed by atoms with Gasteiger partial charge in [0.15, 0.2) is 0 Å². The molecule has 0 spiro atoms. The summed E-state index contributed by atoms with van der Waals surface area (Å²) in [6.07, 6.45) is 5.49. The molecule has 1 aliphatic carbocycles. The molecule has 1 aliphatic rings. The van der Waals surface area contributed by atoms with Crippen molar-refractivity contribution >= 4 is 0 Å². The molecule has 1 rings (SSSR count). The SMILES string of the molecule is CCCNC1CCC(C)CC1OC(C)COCC. The lowest BCUT2D eigenvalue weighted by Crippen LogP contribution is -2.47. The van der Waals surface area contributed by atoms with Gasteiger partial charge >= 0.3 is 0 Å². The molecule has 4 atom stereocenters. The maximum atomic E-state index is 6.19. The van der Waals surface area contributed by atoms with E-state index in [1.54, 1.807) is 0 Å². The number of hydrogen-bond acceptors (Lipinski definition) is 3. The maximum absolute atomic E-state index is 6.19. The minimum Gasteiger partial charge on any atom is -0.379 e. The zero-order chi connectivity index (χ0) is 13.4. The van der Waals surface area contributed by atoms with Crippen molar-refractivity contribution in [3.05, 3.63) is 0 Å². The Morgan fingerprint density at radius 2 is 2.06 bits per heavy atom. The van der Waals surface area contributed by atoms with Crippen LogP contribution < -0.4 is 5.32 Å². The van der Waals surface area contributed by atoms with E-state index >= 15 is 0 Å². The second kappa shape index (κ2) is 8.89. The van der Waals surface area contributed by atoms with Gasteiger partial charge in [0.1, 0.15) is 0 Å². The van der Waals surface area contributed by atoms with Crippen molar-refractivity contribution < 1.29 is 9.47 Å². The fourth-order valence-corrected chi connectivity index (χ4v) is 2.66. The van der Waals surface area contributed by atoms with Gasteiger partial charge in [0, 0.05) is 12.6 Å². The van der Waals surface area contributed by atoms with Crippen molar-refractivity contribution in [2.75, 3.05) is 19.8 Å². The van der Waals surface area contributed by atoms with Gasteiger partial charge in [0.25, 0.3) is 0 Å². The van der Waals surface area contributed by atoms with Crippen LogP contribution in [0, 0.1) is 5.92 Å². The molecule has 18 heavy (non-hydrogen) atoms. The van der Waals surface area contributed by atoms with Gasteiger partial charge in [0.2, 0.25) is 0 Å². The van der Waals surface area contributed by atoms with Crippen LogP contribution in [0.1, 0.15) is 53.4 Å². The minimum atomic E-state index is 0.200. The topological polar surface area (TPSA) is 30.5 Å². The van der Waals surface area contributed by atoms with Crippen LogP contribution in [0.4, 0.5) is 0 Å². The van der Waals surface area contributed by atoms with Crippen LogP contribution in [0.25, 0.3) is 0 Å². The van der Waals surface area contributed by atoms with Crippen LogP contribution >= 0.6 is 0 Å². The molecule has 0 radical (unpaired) electrons. The van der Waals surface area contributed by atoms with Gasteiger partial charge in [-0.05, 0) is 52.0 Å². The summed E-state index contributed by atoms with van der Waals surface area (Å²) in [5.41, 5.74) is 0. The highest BCUT2D eigenvalue weighted by molar-refractivity contribution is 4.85. The number of ether oxygens (including phenoxy) is 2. The highest BCUT2D eigenvalue weighted by Gasteiger charge is 2.30. The summed E-state index contributed by atoms with van der Waals surface area (Å²) in [5.74, 6) is 0.786. The molecule has 3 nitrogen and oxygen atoms in total. The fourth-order valence-electron chi connectivity index (χ4n) is 2.66. The van der Waals surface area contributed by atoms with Crippen LogP contribution in [-0.2, 0) is 9.47 Å². The molecule has 0 bridgehead atoms. The Balaban J connectivity index is 2.39. The molecule has 108 valence electrons. The Bertz CT molecular complexity index is 209. The molecule has 1 fully saturated rings. The summed E-state index contributed by atoms with van der Waals surface area (Å²) in [4.78, 5) is 0. The molecule has 0 saturated heterocycles. The van der Waals surface area contributed by atoms with E-state index in [2.05, 4.69) is 26.1 Å². The maximum Gasteiger partial charge on any atom is 0.0785 e. The average molecular weight is 257 g/mol. The largest absolute Gasteiger partial charge is 0.379 e. The van der Waals surface area contributed by atoms with Gasteiger partial charge in [-0.1, -0.05) is 13.8 Å². The third-order valence-electron chi connectivity index (χ3n) is 3.67. The summed E-state index contributed by atoms with van der Waals surface area (Å²) in [6, 6.07) is 0.533. The number of rotatable bonds is 8. The Hall–Kier alpha value is -0.120. The molecule has 3 heteroatoms. The Labute approximate surface area is 113 Å². The molecule has 0 aromatic rings. The second-order valence-electron chi connectivity index (χ2n) is 5.62. The van der Waals surface area contributed by atoms with Gasteiger partial charge in [-0.15, -0.1) is 0 Å². The molecule has 4 unspecified atom stereocenters. The van der Waals surface area contributed by atoms with Crippen LogP contribution in [0.15, 0.2) is 0 Å². The highest BCUT2D eigenvalue weighted by Crippen LogP contribution is 2.27. The van der Waals surface area contributed by atoms with E-state index in [9.17, 15) is 0 Å². The second-order valence-corrected chi connectivity index (χ2v) is 5.62. The molecule has 1 saturated carbocycles. The molecular weight excluding hydrogens is 226 g/mol. The van der Waals surface area contributed by atoms with E-state index in [1.807, 2.05) is 6.92 Å². The van der Waals surface area contributed by atoms with Crippen LogP contribution in [-0.4, -0.2) is 38.0 Å². The third-order valence-corrected chi connectivity index (χ3v) is 3.67. The molecule has 0 aromatic heterocycles. The van der Waals surface area contributed by atoms with E-state index < -0.39 is 0 Å². The van der Waals surface area contributed by atoms with Crippen molar-refractivity contribution in [1.29, 1.82) is 0 Å². The summed E-state index contributed by atoms with van der Waals surface area (Å²) in [7, 11) is 0. The average Bonchev–Trinajstić information content (AvgIpc) is 2.35. The lowest BCUT2D eigenvalue weighted by molar-refractivity contribution is -0.0773. The van der Waals surface area contributed by atoms with Crippen LogP contribution in [0.2, 0.25) is 0 Å². The lowest BCUT2D eigenvalue weighted by atomic mass is 9.85. The first-order valence-electron chi connectivity index (χ1n) is 7.63. The van der Waals surface area contributed by atoms with E-state index in [0.29, 0.717) is 18.8 Å². The first-order chi connectivity index (χ1) is 8.67. The minimum absolute atomic E-state index is 0.200. The van der Waals surface area contributed by atoms with E-state index in [-0.39, 0.29) is 6.10 Å². The van der Waals surface area contributed by atoms with Crippen molar-refractivity contribution in [3.8, 4) is 0 Å². The monoisotopic (exact) mass is 257 g/mol.